The third-order valence-electron chi connectivity index (χ3n) is 3.54. The molecule has 0 aromatic heterocycles. The lowest BCUT2D eigenvalue weighted by Crippen LogP contribution is -2.42. The number of hydrogen-bond donors (Lipinski definition) is 0. The van der Waals surface area contributed by atoms with Crippen molar-refractivity contribution in [1.82, 2.24) is 0 Å². The third-order valence-corrected chi connectivity index (χ3v) is 8.04. The lowest BCUT2D eigenvalue weighted by Gasteiger charge is -2.37. The lowest BCUT2D eigenvalue weighted by atomic mass is 10.0. The molecule has 0 heterocycles. The van der Waals surface area contributed by atoms with Gasteiger partial charge in [-0.2, -0.15) is 0 Å². The molecule has 0 spiro atoms. The molecule has 0 saturated carbocycles. The van der Waals surface area contributed by atoms with E-state index in [0.29, 0.717) is 12.2 Å². The summed E-state index contributed by atoms with van der Waals surface area (Å²) in [4.78, 5) is 11.3. The molecule has 0 aromatic carbocycles. The Bertz CT molecular complexity index is 290. The number of hydrogen-bond acceptors (Lipinski definition) is 3. The Morgan fingerprint density at radius 1 is 1.35 bits per heavy atom. The zero-order chi connectivity index (χ0) is 13.9. The van der Waals surface area contributed by atoms with E-state index in [0.717, 1.165) is 0 Å². The average molecular weight is 258 g/mol. The Labute approximate surface area is 106 Å². The molecule has 17 heavy (non-hydrogen) atoms. The summed E-state index contributed by atoms with van der Waals surface area (Å²) in [5, 5.41) is 0.180. The number of esters is 1. The molecule has 0 bridgehead atoms. The van der Waals surface area contributed by atoms with Crippen LogP contribution in [-0.2, 0) is 14.0 Å². The third kappa shape index (κ3) is 4.64. The Balaban J connectivity index is 4.40. The average Bonchev–Trinajstić information content (AvgIpc) is 2.22. The summed E-state index contributed by atoms with van der Waals surface area (Å²) < 4.78 is 10.7. The van der Waals surface area contributed by atoms with Crippen molar-refractivity contribution in [3.05, 3.63) is 12.2 Å². The molecule has 0 saturated heterocycles. The van der Waals surface area contributed by atoms with E-state index in [4.69, 9.17) is 4.43 Å². The minimum absolute atomic E-state index is 0.00317. The highest BCUT2D eigenvalue weighted by molar-refractivity contribution is 6.74. The molecule has 0 amide bonds. The van der Waals surface area contributed by atoms with Gasteiger partial charge in [-0.3, -0.25) is 0 Å². The molecule has 0 unspecified atom stereocenters. The highest BCUT2D eigenvalue weighted by Gasteiger charge is 2.37. The van der Waals surface area contributed by atoms with Crippen molar-refractivity contribution in [3.63, 3.8) is 0 Å². The van der Waals surface area contributed by atoms with Gasteiger partial charge in [0.15, 0.2) is 8.32 Å². The predicted octanol–water partition coefficient (Wildman–Crippen LogP) is 3.37. The van der Waals surface area contributed by atoms with Crippen LogP contribution >= 0.6 is 0 Å². The van der Waals surface area contributed by atoms with Crippen LogP contribution in [0.5, 0.6) is 0 Å². The Morgan fingerprint density at radius 2 is 1.82 bits per heavy atom. The van der Waals surface area contributed by atoms with Gasteiger partial charge in [0.25, 0.3) is 0 Å². The van der Waals surface area contributed by atoms with Gasteiger partial charge in [-0.15, -0.1) is 0 Å². The highest BCUT2D eigenvalue weighted by atomic mass is 28.4. The van der Waals surface area contributed by atoms with Crippen molar-refractivity contribution in [2.45, 2.75) is 45.8 Å². The molecular weight excluding hydrogens is 232 g/mol. The summed E-state index contributed by atoms with van der Waals surface area (Å²) >= 11 is 0. The topological polar surface area (TPSA) is 35.5 Å². The Morgan fingerprint density at radius 3 is 2.18 bits per heavy atom. The number of methoxy groups -OCH3 is 1. The van der Waals surface area contributed by atoms with Gasteiger partial charge in [0.1, 0.15) is 0 Å². The van der Waals surface area contributed by atoms with E-state index < -0.39 is 8.32 Å². The molecule has 0 aliphatic rings. The van der Waals surface area contributed by atoms with E-state index in [1.165, 1.54) is 7.11 Å². The first-order valence-electron chi connectivity index (χ1n) is 5.94. The number of ether oxygens (including phenoxy) is 1. The van der Waals surface area contributed by atoms with Crippen molar-refractivity contribution >= 4 is 14.3 Å². The van der Waals surface area contributed by atoms with E-state index in [2.05, 4.69) is 45.2 Å². The first kappa shape index (κ1) is 16.4. The van der Waals surface area contributed by atoms with E-state index >= 15 is 0 Å². The minimum Gasteiger partial charge on any atom is -0.466 e. The summed E-state index contributed by atoms with van der Waals surface area (Å²) in [6.45, 7) is 17.2. The second-order valence-corrected chi connectivity index (χ2v) is 10.8. The van der Waals surface area contributed by atoms with E-state index in [-0.39, 0.29) is 16.9 Å². The van der Waals surface area contributed by atoms with Gasteiger partial charge in [-0.1, -0.05) is 34.3 Å². The van der Waals surface area contributed by atoms with Crippen molar-refractivity contribution in [3.8, 4) is 0 Å². The summed E-state index contributed by atoms with van der Waals surface area (Å²) in [7, 11) is -0.382. The second kappa shape index (κ2) is 5.82. The predicted molar refractivity (Wildman–Crippen MR) is 73.5 cm³/mol. The molecule has 100 valence electrons. The summed E-state index contributed by atoms with van der Waals surface area (Å²) in [6.07, 6.45) is 0. The van der Waals surface area contributed by atoms with Gasteiger partial charge in [-0.25, -0.2) is 4.79 Å². The molecular formula is C13H26O3Si. The fraction of sp³-hybridized carbons (Fsp3) is 0.769. The van der Waals surface area contributed by atoms with Crippen LogP contribution in [0.4, 0.5) is 0 Å². The first-order chi connectivity index (χ1) is 7.53. The van der Waals surface area contributed by atoms with Gasteiger partial charge in [0.05, 0.1) is 7.11 Å². The first-order valence-corrected chi connectivity index (χ1v) is 8.85. The number of carbonyl (C=O) groups is 1. The second-order valence-electron chi connectivity index (χ2n) is 5.99. The zero-order valence-electron chi connectivity index (χ0n) is 12.2. The Kier molecular flexibility index (Phi) is 5.61. The minimum atomic E-state index is -1.75. The van der Waals surface area contributed by atoms with Crippen molar-refractivity contribution in [1.29, 1.82) is 0 Å². The molecule has 0 aliphatic carbocycles. The molecule has 0 aromatic rings. The van der Waals surface area contributed by atoms with Crippen LogP contribution in [0.25, 0.3) is 0 Å². The maximum atomic E-state index is 11.3. The van der Waals surface area contributed by atoms with Gasteiger partial charge >= 0.3 is 5.97 Å². The van der Waals surface area contributed by atoms with E-state index in [9.17, 15) is 4.79 Å². The molecule has 1 atom stereocenters. The van der Waals surface area contributed by atoms with Crippen LogP contribution in [0, 0.1) is 5.92 Å². The van der Waals surface area contributed by atoms with Gasteiger partial charge in [-0.05, 0) is 18.1 Å². The fourth-order valence-electron chi connectivity index (χ4n) is 0.983. The van der Waals surface area contributed by atoms with Gasteiger partial charge in [0, 0.05) is 18.1 Å². The van der Waals surface area contributed by atoms with E-state index in [1.54, 1.807) is 0 Å². The summed E-state index contributed by atoms with van der Waals surface area (Å²) in [6, 6.07) is 0. The summed E-state index contributed by atoms with van der Waals surface area (Å²) in [5.74, 6) is -0.354. The van der Waals surface area contributed by atoms with Crippen molar-refractivity contribution in [2.24, 2.45) is 5.92 Å². The monoisotopic (exact) mass is 258 g/mol. The normalized spacial score (nSPS) is 14.3. The number of carbonyl (C=O) groups excluding carboxylic acids is 1. The summed E-state index contributed by atoms with van der Waals surface area (Å²) in [5.41, 5.74) is 0.478. The maximum Gasteiger partial charge on any atom is 0.333 e. The van der Waals surface area contributed by atoms with Gasteiger partial charge in [0.2, 0.25) is 0 Å². The van der Waals surface area contributed by atoms with Crippen LogP contribution in [0.3, 0.4) is 0 Å². The van der Waals surface area contributed by atoms with E-state index in [1.807, 2.05) is 6.92 Å². The molecule has 0 rings (SSSR count). The molecule has 4 heteroatoms. The highest BCUT2D eigenvalue weighted by Crippen LogP contribution is 2.36. The van der Waals surface area contributed by atoms with Gasteiger partial charge < -0.3 is 9.16 Å². The van der Waals surface area contributed by atoms with Crippen LogP contribution in [0.1, 0.15) is 27.7 Å². The molecule has 0 aliphatic heterocycles. The maximum absolute atomic E-state index is 11.3. The van der Waals surface area contributed by atoms with Crippen LogP contribution in [0.15, 0.2) is 12.2 Å². The lowest BCUT2D eigenvalue weighted by molar-refractivity contribution is -0.136. The zero-order valence-corrected chi connectivity index (χ0v) is 13.2. The quantitative estimate of drug-likeness (QED) is 0.431. The fourth-order valence-corrected chi connectivity index (χ4v) is 2.08. The smallest absolute Gasteiger partial charge is 0.333 e. The molecule has 0 fully saturated rings. The largest absolute Gasteiger partial charge is 0.466 e. The van der Waals surface area contributed by atoms with Crippen LogP contribution < -0.4 is 0 Å². The van der Waals surface area contributed by atoms with Crippen molar-refractivity contribution < 1.29 is 14.0 Å². The van der Waals surface area contributed by atoms with Crippen LogP contribution in [0.2, 0.25) is 18.1 Å². The molecule has 0 radical (unpaired) electrons. The Hall–Kier alpha value is -0.613. The molecule has 3 nitrogen and oxygen atoms in total. The SMILES string of the molecule is C=C(C(=O)OC)[C@H](C)CO[Si](C)(C)C(C)(C)C. The number of rotatable bonds is 5. The van der Waals surface area contributed by atoms with Crippen molar-refractivity contribution in [2.75, 3.05) is 13.7 Å². The molecule has 0 N–H and O–H groups in total. The standard InChI is InChI=1S/C13H26O3Si/c1-10(11(2)12(14)15-6)9-16-17(7,8)13(3,4)5/h10H,2,9H2,1,3-8H3/t10-/m1/s1. The van der Waals surface area contributed by atoms with Crippen LogP contribution in [-0.4, -0.2) is 28.0 Å².